The van der Waals surface area contributed by atoms with Gasteiger partial charge in [-0.15, -0.1) is 11.3 Å². The summed E-state index contributed by atoms with van der Waals surface area (Å²) in [6.07, 6.45) is 2.81. The number of amides is 1. The normalized spacial score (nSPS) is 13.2. The molecule has 0 aliphatic rings. The van der Waals surface area contributed by atoms with Crippen LogP contribution in [-0.4, -0.2) is 15.7 Å². The molecule has 3 aromatic rings. The molecule has 28 heavy (non-hydrogen) atoms. The highest BCUT2D eigenvalue weighted by Crippen LogP contribution is 2.54. The van der Waals surface area contributed by atoms with Crippen LogP contribution >= 0.6 is 53.7 Å². The summed E-state index contributed by atoms with van der Waals surface area (Å²) >= 11 is 19.1. The number of hydrogen-bond donors (Lipinski definition) is 3. The van der Waals surface area contributed by atoms with E-state index in [1.165, 1.54) is 23.6 Å². The smallest absolute Gasteiger partial charge is 0.332 e. The second-order valence-electron chi connectivity index (χ2n) is 5.87. The molecule has 1 atom stereocenters. The van der Waals surface area contributed by atoms with Gasteiger partial charge in [0.05, 0.1) is 0 Å². The molecule has 0 spiro atoms. The maximum absolute atomic E-state index is 12.6. The van der Waals surface area contributed by atoms with E-state index in [2.05, 4.69) is 5.32 Å². The van der Waals surface area contributed by atoms with E-state index in [9.17, 15) is 19.1 Å². The molecule has 0 saturated carbocycles. The van der Waals surface area contributed by atoms with Crippen LogP contribution in [0.2, 0.25) is 15.1 Å². The van der Waals surface area contributed by atoms with Gasteiger partial charge in [0.1, 0.15) is 0 Å². The largest absolute Gasteiger partial charge is 0.342 e. The zero-order valence-corrected chi connectivity index (χ0v) is 18.0. The Morgan fingerprint density at radius 3 is 2.39 bits per heavy atom. The molecular formula is C18H13Cl3NO4PS. The Morgan fingerprint density at radius 2 is 1.75 bits per heavy atom. The average molecular weight is 477 g/mol. The molecule has 0 unspecified atom stereocenters. The maximum Gasteiger partial charge on any atom is 0.342 e. The highest BCUT2D eigenvalue weighted by Gasteiger charge is 2.38. The minimum atomic E-state index is -4.79. The number of nitrogens with one attached hydrogen (secondary N) is 1. The number of benzene rings is 2. The van der Waals surface area contributed by atoms with Crippen molar-refractivity contribution in [3.05, 3.63) is 74.2 Å². The summed E-state index contributed by atoms with van der Waals surface area (Å²) in [5.41, 5.74) is -0.807. The van der Waals surface area contributed by atoms with Gasteiger partial charge in [-0.05, 0) is 64.4 Å². The molecule has 0 fully saturated rings. The third kappa shape index (κ3) is 4.97. The van der Waals surface area contributed by atoms with Gasteiger partial charge >= 0.3 is 7.60 Å². The lowest BCUT2D eigenvalue weighted by atomic mass is 10.1. The first-order valence-corrected chi connectivity index (χ1v) is 11.5. The van der Waals surface area contributed by atoms with E-state index < -0.39 is 19.2 Å². The Balaban J connectivity index is 1.89. The van der Waals surface area contributed by atoms with Crippen molar-refractivity contribution in [3.8, 4) is 0 Å². The molecule has 3 N–H and O–H groups in total. The number of fused-ring (bicyclic) bond motifs is 1. The molecule has 0 radical (unpaired) electrons. The van der Waals surface area contributed by atoms with Gasteiger partial charge in [-0.2, -0.15) is 0 Å². The number of thiophene rings is 1. The fraction of sp³-hybridized carbons (Fsp3) is 0.0556. The highest BCUT2D eigenvalue weighted by atomic mass is 35.5. The van der Waals surface area contributed by atoms with Crippen molar-refractivity contribution in [2.45, 2.75) is 5.66 Å². The SMILES string of the molecule is O=C(N/C=C/c1cc(Cl)cc(Cl)c1)[C@H](c1csc2ccc(Cl)cc12)P(=O)(O)O. The van der Waals surface area contributed by atoms with E-state index in [4.69, 9.17) is 34.8 Å². The summed E-state index contributed by atoms with van der Waals surface area (Å²) in [7, 11) is -4.79. The highest BCUT2D eigenvalue weighted by molar-refractivity contribution is 7.53. The lowest BCUT2D eigenvalue weighted by Gasteiger charge is -2.16. The lowest BCUT2D eigenvalue weighted by molar-refractivity contribution is -0.120. The summed E-state index contributed by atoms with van der Waals surface area (Å²) < 4.78 is 12.8. The molecule has 5 nitrogen and oxygen atoms in total. The third-order valence-corrected chi connectivity index (χ3v) is 6.67. The zero-order chi connectivity index (χ0) is 20.5. The van der Waals surface area contributed by atoms with Crippen LogP contribution in [0.3, 0.4) is 0 Å². The third-order valence-electron chi connectivity index (χ3n) is 3.83. The fourth-order valence-corrected chi connectivity index (χ4v) is 5.42. The Morgan fingerprint density at radius 1 is 1.07 bits per heavy atom. The summed E-state index contributed by atoms with van der Waals surface area (Å²) in [4.78, 5) is 32.2. The van der Waals surface area contributed by atoms with Gasteiger partial charge in [0.15, 0.2) is 5.66 Å². The van der Waals surface area contributed by atoms with E-state index in [0.717, 1.165) is 4.70 Å². The topological polar surface area (TPSA) is 86.6 Å². The quantitative estimate of drug-likeness (QED) is 0.402. The second kappa shape index (κ2) is 8.56. The lowest BCUT2D eigenvalue weighted by Crippen LogP contribution is -2.25. The van der Waals surface area contributed by atoms with Gasteiger partial charge in [0.25, 0.3) is 0 Å². The van der Waals surface area contributed by atoms with E-state index in [1.807, 2.05) is 0 Å². The Bertz CT molecular complexity index is 1100. The van der Waals surface area contributed by atoms with Crippen LogP contribution in [0.25, 0.3) is 16.2 Å². The molecular weight excluding hydrogens is 464 g/mol. The van der Waals surface area contributed by atoms with Gasteiger partial charge in [0.2, 0.25) is 5.91 Å². The van der Waals surface area contributed by atoms with Crippen LogP contribution in [-0.2, 0) is 9.36 Å². The van der Waals surface area contributed by atoms with Crippen molar-refractivity contribution in [3.63, 3.8) is 0 Å². The van der Waals surface area contributed by atoms with Crippen LogP contribution in [0, 0.1) is 0 Å². The van der Waals surface area contributed by atoms with Gasteiger partial charge in [-0.25, -0.2) is 0 Å². The van der Waals surface area contributed by atoms with Gasteiger partial charge in [-0.1, -0.05) is 34.8 Å². The van der Waals surface area contributed by atoms with Crippen molar-refractivity contribution in [2.75, 3.05) is 0 Å². The molecule has 0 bridgehead atoms. The Kier molecular flexibility index (Phi) is 6.52. The first kappa shape index (κ1) is 21.3. The minimum absolute atomic E-state index is 0.229. The van der Waals surface area contributed by atoms with Crippen molar-refractivity contribution in [2.24, 2.45) is 0 Å². The molecule has 146 valence electrons. The fourth-order valence-electron chi connectivity index (χ4n) is 2.68. The molecule has 10 heteroatoms. The first-order chi connectivity index (χ1) is 13.1. The predicted octanol–water partition coefficient (Wildman–Crippen LogP) is 5.87. The van der Waals surface area contributed by atoms with Crippen LogP contribution in [0.1, 0.15) is 16.8 Å². The molecule has 1 amide bonds. The summed E-state index contributed by atoms with van der Waals surface area (Å²) in [5, 5.41) is 5.77. The van der Waals surface area contributed by atoms with Crippen LogP contribution in [0.4, 0.5) is 0 Å². The molecule has 0 saturated heterocycles. The predicted molar refractivity (Wildman–Crippen MR) is 115 cm³/mol. The van der Waals surface area contributed by atoms with Crippen molar-refractivity contribution in [1.29, 1.82) is 0 Å². The Hall–Kier alpha value is -1.37. The molecule has 0 aliphatic carbocycles. The standard InChI is InChI=1S/C18H13Cl3NO4PS/c19-11-1-2-16-14(8-11)15(9-28-16)17(27(24,25)26)18(23)22-4-3-10-5-12(20)7-13(21)6-10/h1-9,17H,(H,22,23)(H2,24,25,26)/b4-3+/t17-/m0/s1. The molecule has 1 aromatic heterocycles. The van der Waals surface area contributed by atoms with E-state index >= 15 is 0 Å². The number of carbonyl (C=O) groups is 1. The second-order valence-corrected chi connectivity index (χ2v) is 9.78. The molecule has 3 rings (SSSR count). The van der Waals surface area contributed by atoms with Gasteiger partial charge in [0, 0.05) is 26.0 Å². The van der Waals surface area contributed by atoms with Crippen molar-refractivity contribution in [1.82, 2.24) is 5.32 Å². The monoisotopic (exact) mass is 475 g/mol. The van der Waals surface area contributed by atoms with Crippen molar-refractivity contribution >= 4 is 75.8 Å². The maximum atomic E-state index is 12.6. The summed E-state index contributed by atoms with van der Waals surface area (Å²) in [6.45, 7) is 0. The van der Waals surface area contributed by atoms with Crippen LogP contribution in [0.5, 0.6) is 0 Å². The first-order valence-electron chi connectivity index (χ1n) is 7.80. The molecule has 1 heterocycles. The molecule has 0 aliphatic heterocycles. The minimum Gasteiger partial charge on any atom is -0.332 e. The summed E-state index contributed by atoms with van der Waals surface area (Å²) in [6, 6.07) is 9.83. The van der Waals surface area contributed by atoms with E-state index in [0.29, 0.717) is 26.0 Å². The number of halogens is 3. The van der Waals surface area contributed by atoms with E-state index in [1.54, 1.807) is 41.8 Å². The average Bonchev–Trinajstić information content (AvgIpc) is 2.95. The van der Waals surface area contributed by atoms with Crippen LogP contribution < -0.4 is 5.32 Å². The van der Waals surface area contributed by atoms with Gasteiger partial charge < -0.3 is 15.1 Å². The van der Waals surface area contributed by atoms with E-state index in [-0.39, 0.29) is 5.56 Å². The van der Waals surface area contributed by atoms with Gasteiger partial charge in [-0.3, -0.25) is 9.36 Å². The number of carbonyl (C=O) groups excluding carboxylic acids is 1. The molecule has 2 aromatic carbocycles. The van der Waals surface area contributed by atoms with Crippen LogP contribution in [0.15, 0.2) is 48.0 Å². The summed E-state index contributed by atoms with van der Waals surface area (Å²) in [5.74, 6) is -0.836. The number of rotatable bonds is 5. The zero-order valence-electron chi connectivity index (χ0n) is 14.0. The van der Waals surface area contributed by atoms with Crippen molar-refractivity contribution < 1.29 is 19.1 Å². The Labute approximate surface area is 179 Å². The number of hydrogen-bond acceptors (Lipinski definition) is 3.